The molecule has 0 saturated heterocycles. The van der Waals surface area contributed by atoms with Gasteiger partial charge in [-0.2, -0.15) is 10.5 Å². The quantitative estimate of drug-likeness (QED) is 0.828. The molecule has 1 aliphatic rings. The number of halogens is 1. The van der Waals surface area contributed by atoms with Crippen LogP contribution in [0, 0.1) is 22.7 Å². The lowest BCUT2D eigenvalue weighted by Gasteiger charge is -2.21. The molecule has 1 aromatic heterocycles. The first-order valence-electron chi connectivity index (χ1n) is 6.66. The third kappa shape index (κ3) is 3.21. The van der Waals surface area contributed by atoms with Crippen LogP contribution in [0.2, 0.25) is 5.15 Å². The van der Waals surface area contributed by atoms with Crippen LogP contribution in [-0.4, -0.2) is 31.3 Å². The van der Waals surface area contributed by atoms with Gasteiger partial charge in [0.1, 0.15) is 29.7 Å². The second-order valence-electron chi connectivity index (χ2n) is 4.98. The summed E-state index contributed by atoms with van der Waals surface area (Å²) in [4.78, 5) is 16.4. The minimum atomic E-state index is -0.863. The number of likely N-dealkylation sites (N-methyl/N-ethyl adjacent to an activating group) is 1. The number of carbonyl (C=O) groups is 1. The first-order valence-corrected chi connectivity index (χ1v) is 7.04. The lowest BCUT2D eigenvalue weighted by atomic mass is 10.00. The Kier molecular flexibility index (Phi) is 4.69. The van der Waals surface area contributed by atoms with Crippen LogP contribution in [0.25, 0.3) is 0 Å². The first kappa shape index (κ1) is 15.9. The highest BCUT2D eigenvalue weighted by atomic mass is 35.5. The Morgan fingerprint density at radius 3 is 2.59 bits per heavy atom. The number of hydrogen-bond donors (Lipinski definition) is 1. The lowest BCUT2D eigenvalue weighted by molar-refractivity contribution is 0.160. The first-order chi connectivity index (χ1) is 10.5. The smallest absolute Gasteiger partial charge is 0.404 e. The molecular weight excluding hydrogens is 306 g/mol. The van der Waals surface area contributed by atoms with Gasteiger partial charge < -0.3 is 15.4 Å². The largest absolute Gasteiger partial charge is 0.448 e. The fourth-order valence-electron chi connectivity index (χ4n) is 2.22. The number of nitriles is 2. The molecule has 22 heavy (non-hydrogen) atoms. The van der Waals surface area contributed by atoms with Crippen molar-refractivity contribution in [2.24, 2.45) is 5.73 Å². The molecule has 1 aliphatic carbocycles. The number of hydrogen-bond acceptors (Lipinski definition) is 6. The Morgan fingerprint density at radius 1 is 1.45 bits per heavy atom. The molecule has 2 rings (SSSR count). The zero-order valence-electron chi connectivity index (χ0n) is 12.0. The number of nitrogens with two attached hydrogens (primary N) is 1. The van der Waals surface area contributed by atoms with E-state index in [0.717, 1.165) is 12.8 Å². The van der Waals surface area contributed by atoms with E-state index in [1.54, 1.807) is 11.9 Å². The predicted octanol–water partition coefficient (Wildman–Crippen LogP) is 1.89. The third-order valence-corrected chi connectivity index (χ3v) is 3.69. The minimum Gasteiger partial charge on any atom is -0.448 e. The highest BCUT2D eigenvalue weighted by Gasteiger charge is 2.33. The van der Waals surface area contributed by atoms with E-state index in [1.165, 1.54) is 0 Å². The summed E-state index contributed by atoms with van der Waals surface area (Å²) < 4.78 is 4.67. The maximum atomic E-state index is 10.6. The second-order valence-corrected chi connectivity index (χ2v) is 5.33. The lowest BCUT2D eigenvalue weighted by Crippen LogP contribution is -2.27. The summed E-state index contributed by atoms with van der Waals surface area (Å²) in [6, 6.07) is 4.16. The van der Waals surface area contributed by atoms with Gasteiger partial charge in [0.25, 0.3) is 0 Å². The summed E-state index contributed by atoms with van der Waals surface area (Å²) in [5.41, 5.74) is 6.19. The fraction of sp³-hybridized carbons (Fsp3) is 0.429. The number of ether oxygens (including phenoxy) is 1. The van der Waals surface area contributed by atoms with Gasteiger partial charge in [-0.15, -0.1) is 0 Å². The summed E-state index contributed by atoms with van der Waals surface area (Å²) in [5, 5.41) is 18.8. The molecule has 0 bridgehead atoms. The van der Waals surface area contributed by atoms with Crippen LogP contribution in [0.15, 0.2) is 0 Å². The van der Waals surface area contributed by atoms with E-state index >= 15 is 0 Å². The van der Waals surface area contributed by atoms with E-state index in [0.29, 0.717) is 23.5 Å². The average molecular weight is 320 g/mol. The normalized spacial score (nSPS) is 13.1. The molecule has 8 heteroatoms. The summed E-state index contributed by atoms with van der Waals surface area (Å²) >= 11 is 6.09. The van der Waals surface area contributed by atoms with Crippen molar-refractivity contribution in [3.63, 3.8) is 0 Å². The third-order valence-electron chi connectivity index (χ3n) is 3.41. The Morgan fingerprint density at radius 2 is 2.09 bits per heavy atom. The van der Waals surface area contributed by atoms with Crippen LogP contribution in [-0.2, 0) is 4.74 Å². The van der Waals surface area contributed by atoms with Crippen molar-refractivity contribution in [2.75, 3.05) is 25.1 Å². The van der Waals surface area contributed by atoms with E-state index in [9.17, 15) is 15.3 Å². The van der Waals surface area contributed by atoms with Gasteiger partial charge in [0.05, 0.1) is 17.7 Å². The van der Waals surface area contributed by atoms with Gasteiger partial charge in [0, 0.05) is 7.05 Å². The number of nitrogens with zero attached hydrogens (tertiary/aromatic N) is 4. The summed E-state index contributed by atoms with van der Waals surface area (Å²) in [6.07, 6.45) is 0.994. The van der Waals surface area contributed by atoms with Crippen molar-refractivity contribution < 1.29 is 9.53 Å². The van der Waals surface area contributed by atoms with Crippen LogP contribution in [0.3, 0.4) is 0 Å². The molecule has 1 heterocycles. The Balaban J connectivity index is 2.37. The highest BCUT2D eigenvalue weighted by molar-refractivity contribution is 6.30. The number of carbonyl (C=O) groups excluding carboxylic acids is 1. The van der Waals surface area contributed by atoms with E-state index in [4.69, 9.17) is 17.3 Å². The molecule has 1 aromatic rings. The minimum absolute atomic E-state index is 0.0643. The van der Waals surface area contributed by atoms with Crippen molar-refractivity contribution >= 4 is 23.5 Å². The zero-order valence-corrected chi connectivity index (χ0v) is 12.7. The van der Waals surface area contributed by atoms with Crippen molar-refractivity contribution in [3.8, 4) is 12.1 Å². The molecule has 0 spiro atoms. The monoisotopic (exact) mass is 319 g/mol. The Bertz CT molecular complexity index is 688. The second kappa shape index (κ2) is 6.50. The molecular formula is C14H14ClN5O2. The van der Waals surface area contributed by atoms with E-state index in [1.807, 2.05) is 6.07 Å². The molecule has 2 N–H and O–H groups in total. The summed E-state index contributed by atoms with van der Waals surface area (Å²) in [7, 11) is 1.70. The number of anilines is 1. The molecule has 114 valence electrons. The SMILES string of the molecule is CN(CCOC(N)=O)c1nc(Cl)c(C#N)c(C2CC2)c1C#N. The number of rotatable bonds is 5. The number of aromatic nitrogens is 1. The van der Waals surface area contributed by atoms with Gasteiger partial charge in [0.2, 0.25) is 0 Å². The van der Waals surface area contributed by atoms with Gasteiger partial charge >= 0.3 is 6.09 Å². The van der Waals surface area contributed by atoms with E-state index < -0.39 is 6.09 Å². The van der Waals surface area contributed by atoms with Gasteiger partial charge in [-0.1, -0.05) is 11.6 Å². The number of pyridine rings is 1. The van der Waals surface area contributed by atoms with Crippen LogP contribution >= 0.6 is 11.6 Å². The molecule has 0 atom stereocenters. The molecule has 1 fully saturated rings. The maximum absolute atomic E-state index is 10.6. The van der Waals surface area contributed by atoms with Crippen molar-refractivity contribution in [3.05, 3.63) is 21.8 Å². The van der Waals surface area contributed by atoms with E-state index in [2.05, 4.69) is 15.8 Å². The Hall–Kier alpha value is -2.51. The average Bonchev–Trinajstić information content (AvgIpc) is 3.29. The molecule has 0 aliphatic heterocycles. The zero-order chi connectivity index (χ0) is 16.3. The van der Waals surface area contributed by atoms with Gasteiger partial charge in [-0.25, -0.2) is 9.78 Å². The van der Waals surface area contributed by atoms with Crippen molar-refractivity contribution in [1.29, 1.82) is 10.5 Å². The van der Waals surface area contributed by atoms with Crippen LogP contribution < -0.4 is 10.6 Å². The highest BCUT2D eigenvalue weighted by Crippen LogP contribution is 2.46. The van der Waals surface area contributed by atoms with Crippen LogP contribution in [0.4, 0.5) is 10.6 Å². The van der Waals surface area contributed by atoms with Crippen molar-refractivity contribution in [2.45, 2.75) is 18.8 Å². The van der Waals surface area contributed by atoms with E-state index in [-0.39, 0.29) is 23.2 Å². The van der Waals surface area contributed by atoms with Crippen LogP contribution in [0.5, 0.6) is 0 Å². The molecule has 1 amide bonds. The summed E-state index contributed by atoms with van der Waals surface area (Å²) in [5.74, 6) is 0.556. The van der Waals surface area contributed by atoms with Gasteiger partial charge in [-0.3, -0.25) is 0 Å². The standard InChI is InChI=1S/C14H14ClN5O2/c1-20(4-5-22-14(18)21)13-10(7-17)11(8-2-3-8)9(6-16)12(15)19-13/h8H,2-5H2,1H3,(H2,18,21). The predicted molar refractivity (Wildman–Crippen MR) is 79.5 cm³/mol. The Labute approximate surface area is 132 Å². The molecule has 0 aromatic carbocycles. The van der Waals surface area contributed by atoms with Gasteiger partial charge in [0.15, 0.2) is 0 Å². The van der Waals surface area contributed by atoms with Crippen molar-refractivity contribution in [1.82, 2.24) is 4.98 Å². The maximum Gasteiger partial charge on any atom is 0.404 e. The van der Waals surface area contributed by atoms with Crippen LogP contribution in [0.1, 0.15) is 35.4 Å². The molecule has 7 nitrogen and oxygen atoms in total. The molecule has 0 radical (unpaired) electrons. The van der Waals surface area contributed by atoms with Gasteiger partial charge in [-0.05, 0) is 24.3 Å². The fourth-order valence-corrected chi connectivity index (χ4v) is 2.45. The topological polar surface area (TPSA) is 116 Å². The molecule has 1 saturated carbocycles. The molecule has 0 unspecified atom stereocenters. The number of amides is 1. The summed E-state index contributed by atoms with van der Waals surface area (Å²) in [6.45, 7) is 0.367. The number of primary amides is 1.